The topological polar surface area (TPSA) is 65.2 Å². The summed E-state index contributed by atoms with van der Waals surface area (Å²) in [5, 5.41) is 4.06. The maximum atomic E-state index is 13.0. The van der Waals surface area contributed by atoms with E-state index in [9.17, 15) is 9.59 Å². The molecule has 0 atom stereocenters. The summed E-state index contributed by atoms with van der Waals surface area (Å²) in [6.07, 6.45) is 1.31. The van der Waals surface area contributed by atoms with Gasteiger partial charge in [0.15, 0.2) is 0 Å². The van der Waals surface area contributed by atoms with Crippen molar-refractivity contribution in [2.45, 2.75) is 25.2 Å². The minimum absolute atomic E-state index is 0.00661. The van der Waals surface area contributed by atoms with Gasteiger partial charge in [-0.25, -0.2) is 0 Å². The zero-order chi connectivity index (χ0) is 18.6. The maximum Gasteiger partial charge on any atom is 0.270 e. The van der Waals surface area contributed by atoms with Gasteiger partial charge in [0.05, 0.1) is 5.41 Å². The Labute approximate surface area is 157 Å². The van der Waals surface area contributed by atoms with E-state index in [0.717, 1.165) is 27.7 Å². The first-order valence-electron chi connectivity index (χ1n) is 9.37. The Balaban J connectivity index is 1.39. The molecule has 5 rings (SSSR count). The number of aromatic amines is 1. The highest BCUT2D eigenvalue weighted by Gasteiger charge is 2.48. The number of aryl methyl sites for hydroxylation is 1. The molecule has 1 fully saturated rings. The average molecular weight is 359 g/mol. The number of fused-ring (bicyclic) bond motifs is 3. The van der Waals surface area contributed by atoms with Gasteiger partial charge in [-0.05, 0) is 43.0 Å². The molecule has 1 saturated heterocycles. The third-order valence-corrected chi connectivity index (χ3v) is 6.12. The molecule has 1 spiro atoms. The molecule has 2 N–H and O–H groups in total. The van der Waals surface area contributed by atoms with Crippen LogP contribution in [0.1, 0.15) is 34.5 Å². The number of carbonyl (C=O) groups is 2. The number of carbonyl (C=O) groups excluding carboxylic acids is 2. The lowest BCUT2D eigenvalue weighted by Crippen LogP contribution is -2.48. The highest BCUT2D eigenvalue weighted by atomic mass is 16.2. The molecule has 1 aromatic heterocycles. The Morgan fingerprint density at radius 2 is 1.85 bits per heavy atom. The van der Waals surface area contributed by atoms with Crippen molar-refractivity contribution >= 4 is 28.4 Å². The number of aromatic nitrogens is 1. The van der Waals surface area contributed by atoms with Crippen LogP contribution < -0.4 is 5.32 Å². The largest absolute Gasteiger partial charge is 0.350 e. The standard InChI is InChI=1S/C22H21N3O2/c1-14-5-4-6-15-13-18(23-19(14)15)20(26)25-11-9-22(10-12-25)16-7-2-3-8-17(16)24-21(22)27/h2-8,13,23H,9-12H2,1H3,(H,24,27). The van der Waals surface area contributed by atoms with Gasteiger partial charge in [0.1, 0.15) is 5.69 Å². The quantitative estimate of drug-likeness (QED) is 0.697. The lowest BCUT2D eigenvalue weighted by atomic mass is 9.73. The summed E-state index contributed by atoms with van der Waals surface area (Å²) in [5.74, 6) is 0.0733. The predicted octanol–water partition coefficient (Wildman–Crippen LogP) is 3.60. The van der Waals surface area contributed by atoms with Gasteiger partial charge >= 0.3 is 0 Å². The molecule has 3 heterocycles. The molecule has 27 heavy (non-hydrogen) atoms. The van der Waals surface area contributed by atoms with E-state index in [1.807, 2.05) is 60.4 Å². The monoisotopic (exact) mass is 359 g/mol. The number of nitrogens with one attached hydrogen (secondary N) is 2. The number of anilines is 1. The Bertz CT molecular complexity index is 1070. The van der Waals surface area contributed by atoms with Crippen molar-refractivity contribution in [2.24, 2.45) is 0 Å². The van der Waals surface area contributed by atoms with Crippen LogP contribution in [0.3, 0.4) is 0 Å². The second kappa shape index (κ2) is 5.71. The molecule has 2 aromatic carbocycles. The number of hydrogen-bond donors (Lipinski definition) is 2. The van der Waals surface area contributed by atoms with Crippen molar-refractivity contribution in [3.05, 3.63) is 65.4 Å². The smallest absolute Gasteiger partial charge is 0.270 e. The minimum atomic E-state index is -0.496. The molecule has 0 radical (unpaired) electrons. The first-order chi connectivity index (χ1) is 13.1. The zero-order valence-corrected chi connectivity index (χ0v) is 15.2. The number of piperidine rings is 1. The number of likely N-dealkylation sites (tertiary alicyclic amines) is 1. The van der Waals surface area contributed by atoms with E-state index in [1.54, 1.807) is 0 Å². The summed E-state index contributed by atoms with van der Waals surface area (Å²) in [5.41, 5.74) is 4.25. The van der Waals surface area contributed by atoms with Crippen LogP contribution in [0.5, 0.6) is 0 Å². The lowest BCUT2D eigenvalue weighted by Gasteiger charge is -2.37. The Kier molecular flexibility index (Phi) is 3.41. The van der Waals surface area contributed by atoms with Gasteiger partial charge in [0.2, 0.25) is 5.91 Å². The van der Waals surface area contributed by atoms with Gasteiger partial charge < -0.3 is 15.2 Å². The number of amides is 2. The van der Waals surface area contributed by atoms with Crippen molar-refractivity contribution in [1.82, 2.24) is 9.88 Å². The molecular formula is C22H21N3O2. The maximum absolute atomic E-state index is 13.0. The molecule has 2 aliphatic heterocycles. The fourth-order valence-corrected chi connectivity index (χ4v) is 4.55. The van der Waals surface area contributed by atoms with Gasteiger partial charge in [0, 0.05) is 29.7 Å². The molecule has 0 bridgehead atoms. The van der Waals surface area contributed by atoms with Crippen molar-refractivity contribution in [3.8, 4) is 0 Å². The fraction of sp³-hybridized carbons (Fsp3) is 0.273. The molecule has 3 aromatic rings. The third-order valence-electron chi connectivity index (χ3n) is 6.12. The first kappa shape index (κ1) is 16.1. The highest BCUT2D eigenvalue weighted by molar-refractivity contribution is 6.06. The minimum Gasteiger partial charge on any atom is -0.350 e. The van der Waals surface area contributed by atoms with E-state index in [-0.39, 0.29) is 11.8 Å². The van der Waals surface area contributed by atoms with Gasteiger partial charge in [-0.15, -0.1) is 0 Å². The van der Waals surface area contributed by atoms with Gasteiger partial charge in [-0.1, -0.05) is 36.4 Å². The lowest BCUT2D eigenvalue weighted by molar-refractivity contribution is -0.122. The number of benzene rings is 2. The van der Waals surface area contributed by atoms with Gasteiger partial charge in [0.25, 0.3) is 5.91 Å². The van der Waals surface area contributed by atoms with Crippen LogP contribution in [0.15, 0.2) is 48.5 Å². The third kappa shape index (κ3) is 2.31. The van der Waals surface area contributed by atoms with Crippen LogP contribution in [0, 0.1) is 6.92 Å². The summed E-state index contributed by atoms with van der Waals surface area (Å²) in [7, 11) is 0. The van der Waals surface area contributed by atoms with Gasteiger partial charge in [-0.3, -0.25) is 9.59 Å². The highest BCUT2D eigenvalue weighted by Crippen LogP contribution is 2.44. The van der Waals surface area contributed by atoms with E-state index in [1.165, 1.54) is 0 Å². The Hall–Kier alpha value is -3.08. The Morgan fingerprint density at radius 3 is 2.63 bits per heavy atom. The molecule has 0 saturated carbocycles. The summed E-state index contributed by atoms with van der Waals surface area (Å²) in [4.78, 5) is 30.8. The van der Waals surface area contributed by atoms with Crippen LogP contribution in [0.4, 0.5) is 5.69 Å². The zero-order valence-electron chi connectivity index (χ0n) is 15.2. The van der Waals surface area contributed by atoms with Crippen molar-refractivity contribution in [3.63, 3.8) is 0 Å². The Morgan fingerprint density at radius 1 is 1.07 bits per heavy atom. The molecule has 136 valence electrons. The van der Waals surface area contributed by atoms with Crippen LogP contribution in [-0.4, -0.2) is 34.8 Å². The number of nitrogens with zero attached hydrogens (tertiary/aromatic N) is 1. The normalized spacial score (nSPS) is 18.0. The summed E-state index contributed by atoms with van der Waals surface area (Å²) >= 11 is 0. The van der Waals surface area contributed by atoms with Crippen LogP contribution in [-0.2, 0) is 10.2 Å². The van der Waals surface area contributed by atoms with E-state index < -0.39 is 5.41 Å². The molecule has 0 aliphatic carbocycles. The summed E-state index contributed by atoms with van der Waals surface area (Å²) in [6.45, 7) is 3.19. The summed E-state index contributed by atoms with van der Waals surface area (Å²) < 4.78 is 0. The number of H-pyrrole nitrogens is 1. The molecule has 5 heteroatoms. The fourth-order valence-electron chi connectivity index (χ4n) is 4.55. The first-order valence-corrected chi connectivity index (χ1v) is 9.37. The van der Waals surface area contributed by atoms with Crippen LogP contribution in [0.2, 0.25) is 0 Å². The second-order valence-corrected chi connectivity index (χ2v) is 7.60. The molecule has 2 amide bonds. The van der Waals surface area contributed by atoms with Crippen molar-refractivity contribution in [2.75, 3.05) is 18.4 Å². The average Bonchev–Trinajstić information content (AvgIpc) is 3.23. The predicted molar refractivity (Wildman–Crippen MR) is 105 cm³/mol. The molecule has 2 aliphatic rings. The van der Waals surface area contributed by atoms with E-state index in [0.29, 0.717) is 31.6 Å². The molecular weight excluding hydrogens is 338 g/mol. The van der Waals surface area contributed by atoms with Crippen LogP contribution >= 0.6 is 0 Å². The second-order valence-electron chi connectivity index (χ2n) is 7.60. The summed E-state index contributed by atoms with van der Waals surface area (Å²) in [6, 6.07) is 15.9. The van der Waals surface area contributed by atoms with E-state index in [2.05, 4.69) is 10.3 Å². The molecule has 0 unspecified atom stereocenters. The van der Waals surface area contributed by atoms with Gasteiger partial charge in [-0.2, -0.15) is 0 Å². The number of para-hydroxylation sites is 2. The SMILES string of the molecule is Cc1cccc2cc(C(=O)N3CCC4(CC3)C(=O)Nc3ccccc34)[nH]c12. The van der Waals surface area contributed by atoms with Crippen LogP contribution in [0.25, 0.3) is 10.9 Å². The number of hydrogen-bond acceptors (Lipinski definition) is 2. The molecule has 5 nitrogen and oxygen atoms in total. The van der Waals surface area contributed by atoms with E-state index in [4.69, 9.17) is 0 Å². The number of rotatable bonds is 1. The van der Waals surface area contributed by atoms with Crippen molar-refractivity contribution < 1.29 is 9.59 Å². The van der Waals surface area contributed by atoms with E-state index >= 15 is 0 Å². The van der Waals surface area contributed by atoms with Crippen molar-refractivity contribution in [1.29, 1.82) is 0 Å².